The molecule has 2 aromatic rings. The molecule has 0 spiro atoms. The second-order valence-electron chi connectivity index (χ2n) is 4.33. The minimum Gasteiger partial charge on any atom is -0.322 e. The average Bonchev–Trinajstić information content (AvgIpc) is 2.43. The van der Waals surface area contributed by atoms with Crippen LogP contribution in [0.1, 0.15) is 21.5 Å². The molecule has 0 aliphatic rings. The molecule has 0 fully saturated rings. The van der Waals surface area contributed by atoms with Crippen molar-refractivity contribution >= 4 is 27.5 Å². The molecule has 0 bridgehead atoms. The summed E-state index contributed by atoms with van der Waals surface area (Å²) in [5.74, 6) is -2.14. The van der Waals surface area contributed by atoms with E-state index in [4.69, 9.17) is 0 Å². The number of aryl methyl sites for hydroxylation is 1. The number of carbonyl (C=O) groups is 1. The Bertz CT molecular complexity index is 658. The lowest BCUT2D eigenvalue weighted by atomic mass is 10.1. The summed E-state index contributed by atoms with van der Waals surface area (Å²) in [5.41, 5.74) is 1.52. The quantitative estimate of drug-likeness (QED) is 0.824. The van der Waals surface area contributed by atoms with E-state index in [1.807, 2.05) is 12.1 Å². The van der Waals surface area contributed by atoms with E-state index in [0.717, 1.165) is 11.6 Å². The number of halogens is 3. The fraction of sp³-hybridized carbons (Fsp3) is 0.133. The zero-order valence-electron chi connectivity index (χ0n) is 10.7. The van der Waals surface area contributed by atoms with Gasteiger partial charge in [-0.1, -0.05) is 34.1 Å². The Kier molecular flexibility index (Phi) is 4.49. The van der Waals surface area contributed by atoms with Crippen LogP contribution in [-0.4, -0.2) is 5.91 Å². The highest BCUT2D eigenvalue weighted by atomic mass is 79.9. The first-order valence-electron chi connectivity index (χ1n) is 5.93. The van der Waals surface area contributed by atoms with Crippen LogP contribution >= 0.6 is 15.9 Å². The lowest BCUT2D eigenvalue weighted by Gasteiger charge is -2.10. The normalized spacial score (nSPS) is 10.4. The number of benzene rings is 2. The first kappa shape index (κ1) is 14.7. The minimum absolute atomic E-state index is 0.173. The predicted molar refractivity (Wildman–Crippen MR) is 78.1 cm³/mol. The lowest BCUT2D eigenvalue weighted by Crippen LogP contribution is -2.15. The Morgan fingerprint density at radius 3 is 2.60 bits per heavy atom. The van der Waals surface area contributed by atoms with Crippen LogP contribution in [0.4, 0.5) is 14.5 Å². The molecule has 20 heavy (non-hydrogen) atoms. The van der Waals surface area contributed by atoms with Crippen LogP contribution in [0, 0.1) is 18.6 Å². The summed E-state index contributed by atoms with van der Waals surface area (Å²) >= 11 is 3.32. The zero-order valence-corrected chi connectivity index (χ0v) is 12.3. The lowest BCUT2D eigenvalue weighted by molar-refractivity contribution is 0.102. The van der Waals surface area contributed by atoms with Crippen LogP contribution < -0.4 is 5.32 Å². The molecular weight excluding hydrogens is 328 g/mol. The Labute approximate surface area is 123 Å². The van der Waals surface area contributed by atoms with Gasteiger partial charge in [0.2, 0.25) is 0 Å². The monoisotopic (exact) mass is 339 g/mol. The van der Waals surface area contributed by atoms with Gasteiger partial charge in [0, 0.05) is 17.1 Å². The second kappa shape index (κ2) is 6.13. The SMILES string of the molecule is Cc1cc(C(=O)Nc2ccccc2CBr)c(F)cc1F. The molecular formula is C15H12BrF2NO. The van der Waals surface area contributed by atoms with Gasteiger partial charge in [0.25, 0.3) is 5.91 Å². The van der Waals surface area contributed by atoms with Gasteiger partial charge in [0.1, 0.15) is 11.6 Å². The van der Waals surface area contributed by atoms with E-state index >= 15 is 0 Å². The van der Waals surface area contributed by atoms with Gasteiger partial charge >= 0.3 is 0 Å². The summed E-state index contributed by atoms with van der Waals surface area (Å²) in [7, 11) is 0. The molecule has 0 atom stereocenters. The van der Waals surface area contributed by atoms with Crippen LogP contribution in [0.5, 0.6) is 0 Å². The van der Waals surface area contributed by atoms with Crippen LogP contribution in [0.2, 0.25) is 0 Å². The van der Waals surface area contributed by atoms with Gasteiger partial charge in [-0.15, -0.1) is 0 Å². The Hall–Kier alpha value is -1.75. The van der Waals surface area contributed by atoms with E-state index in [2.05, 4.69) is 21.2 Å². The van der Waals surface area contributed by atoms with Crippen molar-refractivity contribution in [2.24, 2.45) is 0 Å². The smallest absolute Gasteiger partial charge is 0.258 e. The van der Waals surface area contributed by atoms with Crippen molar-refractivity contribution in [1.82, 2.24) is 0 Å². The van der Waals surface area contributed by atoms with E-state index in [1.54, 1.807) is 12.1 Å². The highest BCUT2D eigenvalue weighted by molar-refractivity contribution is 9.08. The Morgan fingerprint density at radius 1 is 1.20 bits per heavy atom. The molecule has 0 saturated heterocycles. The number of hydrogen-bond donors (Lipinski definition) is 1. The second-order valence-corrected chi connectivity index (χ2v) is 4.89. The molecule has 0 unspecified atom stereocenters. The average molecular weight is 340 g/mol. The minimum atomic E-state index is -0.873. The molecule has 0 aromatic heterocycles. The summed E-state index contributed by atoms with van der Waals surface area (Å²) in [6, 6.07) is 9.11. The molecule has 0 saturated carbocycles. The van der Waals surface area contributed by atoms with Crippen LogP contribution in [0.25, 0.3) is 0 Å². The van der Waals surface area contributed by atoms with Gasteiger partial charge in [0.15, 0.2) is 0 Å². The summed E-state index contributed by atoms with van der Waals surface area (Å²) in [4.78, 5) is 12.1. The maximum absolute atomic E-state index is 13.7. The molecule has 0 heterocycles. The molecule has 0 radical (unpaired) electrons. The maximum Gasteiger partial charge on any atom is 0.258 e. The maximum atomic E-state index is 13.7. The van der Waals surface area contributed by atoms with Gasteiger partial charge < -0.3 is 5.32 Å². The van der Waals surface area contributed by atoms with Gasteiger partial charge in [-0.25, -0.2) is 8.78 Å². The number of rotatable bonds is 3. The van der Waals surface area contributed by atoms with Crippen molar-refractivity contribution < 1.29 is 13.6 Å². The Morgan fingerprint density at radius 2 is 1.90 bits per heavy atom. The third-order valence-corrected chi connectivity index (χ3v) is 3.51. The number of anilines is 1. The first-order valence-corrected chi connectivity index (χ1v) is 7.06. The molecule has 0 aliphatic heterocycles. The molecule has 2 aromatic carbocycles. The zero-order chi connectivity index (χ0) is 14.7. The van der Waals surface area contributed by atoms with E-state index in [1.165, 1.54) is 13.0 Å². The third kappa shape index (κ3) is 3.04. The summed E-state index contributed by atoms with van der Waals surface area (Å²) in [6.07, 6.45) is 0. The van der Waals surface area contributed by atoms with Crippen molar-refractivity contribution in [1.29, 1.82) is 0 Å². The predicted octanol–water partition coefficient (Wildman–Crippen LogP) is 4.42. The molecule has 0 aliphatic carbocycles. The highest BCUT2D eigenvalue weighted by Crippen LogP contribution is 2.20. The molecule has 1 N–H and O–H groups in total. The van der Waals surface area contributed by atoms with Crippen LogP contribution in [-0.2, 0) is 5.33 Å². The summed E-state index contributed by atoms with van der Waals surface area (Å²) in [5, 5.41) is 3.20. The standard InChI is InChI=1S/C15H12BrF2NO/c1-9-6-11(13(18)7-12(9)17)15(20)19-14-5-3-2-4-10(14)8-16/h2-7H,8H2,1H3,(H,19,20). The molecule has 2 nitrogen and oxygen atoms in total. The summed E-state index contributed by atoms with van der Waals surface area (Å²) < 4.78 is 26.8. The van der Waals surface area contributed by atoms with E-state index in [9.17, 15) is 13.6 Å². The van der Waals surface area contributed by atoms with Gasteiger partial charge in [0.05, 0.1) is 5.56 Å². The van der Waals surface area contributed by atoms with Gasteiger partial charge in [-0.2, -0.15) is 0 Å². The molecule has 5 heteroatoms. The van der Waals surface area contributed by atoms with Gasteiger partial charge in [-0.3, -0.25) is 4.79 Å². The topological polar surface area (TPSA) is 29.1 Å². The third-order valence-electron chi connectivity index (χ3n) is 2.90. The number of nitrogens with one attached hydrogen (secondary N) is 1. The van der Waals surface area contributed by atoms with Crippen molar-refractivity contribution in [2.75, 3.05) is 5.32 Å². The van der Waals surface area contributed by atoms with Crippen molar-refractivity contribution in [3.63, 3.8) is 0 Å². The van der Waals surface area contributed by atoms with Crippen molar-refractivity contribution in [3.8, 4) is 0 Å². The van der Waals surface area contributed by atoms with Crippen molar-refractivity contribution in [3.05, 3.63) is 64.7 Å². The van der Waals surface area contributed by atoms with Crippen LogP contribution in [0.15, 0.2) is 36.4 Å². The van der Waals surface area contributed by atoms with E-state index in [-0.39, 0.29) is 11.1 Å². The van der Waals surface area contributed by atoms with Crippen LogP contribution in [0.3, 0.4) is 0 Å². The fourth-order valence-corrected chi connectivity index (χ4v) is 2.27. The molecule has 2 rings (SSSR count). The number of amides is 1. The fourth-order valence-electron chi connectivity index (χ4n) is 1.78. The van der Waals surface area contributed by atoms with E-state index in [0.29, 0.717) is 11.0 Å². The number of para-hydroxylation sites is 1. The largest absolute Gasteiger partial charge is 0.322 e. The number of hydrogen-bond acceptors (Lipinski definition) is 1. The molecule has 104 valence electrons. The Balaban J connectivity index is 2.31. The van der Waals surface area contributed by atoms with Crippen molar-refractivity contribution in [2.45, 2.75) is 12.3 Å². The summed E-state index contributed by atoms with van der Waals surface area (Å²) in [6.45, 7) is 1.48. The first-order chi connectivity index (χ1) is 9.52. The number of carbonyl (C=O) groups excluding carboxylic acids is 1. The highest BCUT2D eigenvalue weighted by Gasteiger charge is 2.15. The number of alkyl halides is 1. The molecule has 1 amide bonds. The van der Waals surface area contributed by atoms with Gasteiger partial charge in [-0.05, 0) is 30.2 Å². The van der Waals surface area contributed by atoms with E-state index < -0.39 is 17.5 Å².